The highest BCUT2D eigenvalue weighted by Crippen LogP contribution is 2.33. The molecule has 2 aliphatic heterocycles. The topological polar surface area (TPSA) is 57.6 Å². The summed E-state index contributed by atoms with van der Waals surface area (Å²) in [4.78, 5) is 18.2. The number of carbonyl (C=O) groups excluding carboxylic acids is 1. The van der Waals surface area contributed by atoms with Gasteiger partial charge in [-0.05, 0) is 29.7 Å². The zero-order valence-electron chi connectivity index (χ0n) is 16.5. The summed E-state index contributed by atoms with van der Waals surface area (Å²) in [5, 5.41) is 4.27. The fraction of sp³-hybridized carbons (Fsp3) is 0.400. The second kappa shape index (κ2) is 7.84. The molecule has 0 bridgehead atoms. The van der Waals surface area contributed by atoms with Gasteiger partial charge in [0.25, 0.3) is 0 Å². The van der Waals surface area contributed by atoms with Crippen molar-refractivity contribution in [1.82, 2.24) is 14.9 Å². The standard InChI is InChI=1S/C20H26N4O3/c1-6-15-13-23(4)24-18(22(2)3)12-17(21-20(15)24)27-16-9-7-14(8-10-16)11-19(25)26-5/h7-10,12H,6,11,13H2,1-5H3. The van der Waals surface area contributed by atoms with Crippen LogP contribution in [0.3, 0.4) is 0 Å². The first-order chi connectivity index (χ1) is 12.9. The molecule has 0 saturated carbocycles. The number of ether oxygens (including phenoxy) is 2. The number of fused-ring (bicyclic) bond motifs is 1. The van der Waals surface area contributed by atoms with Gasteiger partial charge in [-0.15, -0.1) is 0 Å². The van der Waals surface area contributed by atoms with Crippen molar-refractivity contribution in [3.05, 3.63) is 53.1 Å². The van der Waals surface area contributed by atoms with Gasteiger partial charge in [0.05, 0.1) is 13.5 Å². The van der Waals surface area contributed by atoms with Gasteiger partial charge in [-0.25, -0.2) is 10.0 Å². The summed E-state index contributed by atoms with van der Waals surface area (Å²) >= 11 is 0. The number of methoxy groups -OCH3 is 1. The van der Waals surface area contributed by atoms with E-state index in [9.17, 15) is 4.79 Å². The fourth-order valence-electron chi connectivity index (χ4n) is 3.12. The number of likely N-dealkylation sites (N-methyl/N-ethyl adjacent to an activating group) is 1. The molecule has 2 heterocycles. The van der Waals surface area contributed by atoms with Crippen molar-refractivity contribution >= 4 is 11.9 Å². The molecule has 0 fully saturated rings. The Morgan fingerprint density at radius 3 is 2.56 bits per heavy atom. The number of hydrazine groups is 1. The summed E-state index contributed by atoms with van der Waals surface area (Å²) in [5.41, 5.74) is 2.16. The summed E-state index contributed by atoms with van der Waals surface area (Å²) in [6.07, 6.45) is 3.12. The molecule has 7 nitrogen and oxygen atoms in total. The molecule has 0 atom stereocenters. The lowest BCUT2D eigenvalue weighted by Crippen LogP contribution is -2.40. The summed E-state index contributed by atoms with van der Waals surface area (Å²) < 4.78 is 10.7. The van der Waals surface area contributed by atoms with E-state index in [-0.39, 0.29) is 12.4 Å². The number of aliphatic imine (C=N–C) groups is 1. The predicted octanol–water partition coefficient (Wildman–Crippen LogP) is 2.38. The normalized spacial score (nSPS) is 16.7. The van der Waals surface area contributed by atoms with Crippen molar-refractivity contribution in [3.8, 4) is 5.75 Å². The maximum atomic E-state index is 11.4. The molecule has 0 aliphatic carbocycles. The molecule has 7 heteroatoms. The van der Waals surface area contributed by atoms with E-state index >= 15 is 0 Å². The molecule has 0 N–H and O–H groups in total. The number of hydrogen-bond acceptors (Lipinski definition) is 7. The summed E-state index contributed by atoms with van der Waals surface area (Å²) in [6.45, 7) is 3.00. The van der Waals surface area contributed by atoms with Gasteiger partial charge in [0, 0.05) is 33.8 Å². The molecule has 0 amide bonds. The summed E-state index contributed by atoms with van der Waals surface area (Å²) in [6, 6.07) is 7.40. The number of nitrogens with zero attached hydrogens (tertiary/aromatic N) is 4. The van der Waals surface area contributed by atoms with Crippen LogP contribution in [-0.2, 0) is 16.0 Å². The van der Waals surface area contributed by atoms with E-state index in [2.05, 4.69) is 24.0 Å². The van der Waals surface area contributed by atoms with E-state index in [0.29, 0.717) is 11.6 Å². The van der Waals surface area contributed by atoms with Gasteiger partial charge < -0.3 is 14.4 Å². The Morgan fingerprint density at radius 2 is 1.96 bits per heavy atom. The average Bonchev–Trinajstić information content (AvgIpc) is 2.98. The molecule has 2 aliphatic rings. The number of carbonyl (C=O) groups is 1. The first kappa shape index (κ1) is 19.0. The molecule has 0 saturated heterocycles. The van der Waals surface area contributed by atoms with Crippen molar-refractivity contribution in [1.29, 1.82) is 0 Å². The van der Waals surface area contributed by atoms with Crippen LogP contribution in [0.25, 0.3) is 0 Å². The lowest BCUT2D eigenvalue weighted by molar-refractivity contribution is -0.139. The molecule has 27 heavy (non-hydrogen) atoms. The Labute approximate surface area is 160 Å². The van der Waals surface area contributed by atoms with Crippen LogP contribution in [0.1, 0.15) is 18.9 Å². The SMILES string of the molecule is CCC1=C2N=C(Oc3ccc(CC(=O)OC)cc3)C=C(N(C)C)N2N(C)C1. The van der Waals surface area contributed by atoms with Gasteiger partial charge in [-0.3, -0.25) is 4.79 Å². The number of hydrogen-bond donors (Lipinski definition) is 0. The van der Waals surface area contributed by atoms with Gasteiger partial charge in [0.1, 0.15) is 11.6 Å². The Kier molecular flexibility index (Phi) is 5.51. The van der Waals surface area contributed by atoms with Crippen LogP contribution in [0.2, 0.25) is 0 Å². The molecular weight excluding hydrogens is 344 g/mol. The van der Waals surface area contributed by atoms with Gasteiger partial charge >= 0.3 is 5.97 Å². The first-order valence-electron chi connectivity index (χ1n) is 8.97. The third-order valence-corrected chi connectivity index (χ3v) is 4.57. The lowest BCUT2D eigenvalue weighted by atomic mass is 10.1. The Hall–Kier alpha value is -2.80. The van der Waals surface area contributed by atoms with Crippen molar-refractivity contribution in [2.45, 2.75) is 19.8 Å². The Bertz CT molecular complexity index is 809. The van der Waals surface area contributed by atoms with Crippen LogP contribution in [-0.4, -0.2) is 61.6 Å². The van der Waals surface area contributed by atoms with E-state index < -0.39 is 0 Å². The summed E-state index contributed by atoms with van der Waals surface area (Å²) in [7, 11) is 7.46. The van der Waals surface area contributed by atoms with Crippen molar-refractivity contribution in [2.75, 3.05) is 34.8 Å². The second-order valence-corrected chi connectivity index (χ2v) is 6.75. The number of rotatable bonds is 5. The van der Waals surface area contributed by atoms with Crippen molar-refractivity contribution in [2.24, 2.45) is 4.99 Å². The second-order valence-electron chi connectivity index (χ2n) is 6.75. The smallest absolute Gasteiger partial charge is 0.309 e. The van der Waals surface area contributed by atoms with E-state index in [1.807, 2.05) is 49.3 Å². The van der Waals surface area contributed by atoms with Crippen molar-refractivity contribution in [3.63, 3.8) is 0 Å². The van der Waals surface area contributed by atoms with Crippen LogP contribution in [0, 0.1) is 0 Å². The quantitative estimate of drug-likeness (QED) is 0.742. The molecular formula is C20H26N4O3. The molecule has 1 aromatic carbocycles. The van der Waals surface area contributed by atoms with Gasteiger partial charge in [0.2, 0.25) is 5.90 Å². The highest BCUT2D eigenvalue weighted by Gasteiger charge is 2.33. The maximum Gasteiger partial charge on any atom is 0.309 e. The van der Waals surface area contributed by atoms with Crippen LogP contribution >= 0.6 is 0 Å². The molecule has 0 unspecified atom stereocenters. The van der Waals surface area contributed by atoms with E-state index in [4.69, 9.17) is 14.5 Å². The molecule has 0 radical (unpaired) electrons. The maximum absolute atomic E-state index is 11.4. The third kappa shape index (κ3) is 3.98. The van der Waals surface area contributed by atoms with Crippen LogP contribution < -0.4 is 4.74 Å². The summed E-state index contributed by atoms with van der Waals surface area (Å²) in [5.74, 6) is 2.90. The van der Waals surface area contributed by atoms with Crippen LogP contribution in [0.15, 0.2) is 52.5 Å². The Balaban J connectivity index is 1.83. The zero-order chi connectivity index (χ0) is 19.6. The highest BCUT2D eigenvalue weighted by atomic mass is 16.5. The van der Waals surface area contributed by atoms with Crippen molar-refractivity contribution < 1.29 is 14.3 Å². The first-order valence-corrected chi connectivity index (χ1v) is 8.97. The number of esters is 1. The molecule has 3 rings (SSSR count). The lowest BCUT2D eigenvalue weighted by Gasteiger charge is -2.35. The molecule has 0 spiro atoms. The van der Waals surface area contributed by atoms with E-state index in [1.54, 1.807) is 0 Å². The number of benzene rings is 1. The van der Waals surface area contributed by atoms with Crippen LogP contribution in [0.5, 0.6) is 5.75 Å². The molecule has 144 valence electrons. The van der Waals surface area contributed by atoms with Crippen LogP contribution in [0.4, 0.5) is 0 Å². The zero-order valence-corrected chi connectivity index (χ0v) is 16.5. The largest absolute Gasteiger partial charge is 0.469 e. The predicted molar refractivity (Wildman–Crippen MR) is 104 cm³/mol. The Morgan fingerprint density at radius 1 is 1.26 bits per heavy atom. The molecule has 1 aromatic rings. The van der Waals surface area contributed by atoms with Gasteiger partial charge in [-0.1, -0.05) is 19.1 Å². The minimum atomic E-state index is -0.261. The minimum absolute atomic E-state index is 0.246. The minimum Gasteiger partial charge on any atom is -0.469 e. The average molecular weight is 370 g/mol. The van der Waals surface area contributed by atoms with Gasteiger partial charge in [-0.2, -0.15) is 4.99 Å². The van der Waals surface area contributed by atoms with E-state index in [0.717, 1.165) is 30.2 Å². The van der Waals surface area contributed by atoms with Gasteiger partial charge in [0.15, 0.2) is 5.82 Å². The highest BCUT2D eigenvalue weighted by molar-refractivity contribution is 5.92. The monoisotopic (exact) mass is 370 g/mol. The molecule has 0 aromatic heterocycles. The third-order valence-electron chi connectivity index (χ3n) is 4.57. The fourth-order valence-corrected chi connectivity index (χ4v) is 3.12. The van der Waals surface area contributed by atoms with E-state index in [1.165, 1.54) is 12.7 Å².